The number of nitrogen functional groups attached to an aromatic ring is 2. The fourth-order valence-corrected chi connectivity index (χ4v) is 4.53. The topological polar surface area (TPSA) is 135 Å². The number of anilines is 2. The van der Waals surface area contributed by atoms with E-state index in [-0.39, 0.29) is 5.82 Å². The predicted octanol–water partition coefficient (Wildman–Crippen LogP) is 6.85. The average molecular weight is 553 g/mol. The number of aromatic nitrogens is 6. The van der Waals surface area contributed by atoms with Crippen molar-refractivity contribution in [1.29, 1.82) is 0 Å². The molecule has 0 amide bonds. The first kappa shape index (κ1) is 26.6. The highest BCUT2D eigenvalue weighted by atomic mass is 35.5. The van der Waals surface area contributed by atoms with Crippen molar-refractivity contribution in [2.75, 3.05) is 11.5 Å². The quantitative estimate of drug-likeness (QED) is 0.189. The molecule has 6 rings (SSSR count). The van der Waals surface area contributed by atoms with Crippen LogP contribution in [0.5, 0.6) is 0 Å². The SMILES string of the molecule is Cc1[nH]nc(-c2ccc(Cl)cc2)c1-c1ccnc(N)c1.Cc1[nH]nc(-c2ccc(F)cc2)c1-c1ccnc(N)c1. The average Bonchev–Trinajstić information content (AvgIpc) is 3.52. The first-order chi connectivity index (χ1) is 19.3. The van der Waals surface area contributed by atoms with Crippen LogP contribution in [0.25, 0.3) is 44.8 Å². The molecule has 4 aromatic heterocycles. The van der Waals surface area contributed by atoms with Crippen LogP contribution in [0.15, 0.2) is 85.2 Å². The molecule has 6 N–H and O–H groups in total. The van der Waals surface area contributed by atoms with Crippen molar-refractivity contribution in [1.82, 2.24) is 30.4 Å². The van der Waals surface area contributed by atoms with Gasteiger partial charge in [0.2, 0.25) is 0 Å². The van der Waals surface area contributed by atoms with E-state index in [4.69, 9.17) is 23.1 Å². The second kappa shape index (κ2) is 11.4. The summed E-state index contributed by atoms with van der Waals surface area (Å²) in [6.07, 6.45) is 3.36. The Labute approximate surface area is 235 Å². The third-order valence-electron chi connectivity index (χ3n) is 6.27. The van der Waals surface area contributed by atoms with E-state index in [1.165, 1.54) is 12.1 Å². The molecule has 4 heterocycles. The van der Waals surface area contributed by atoms with Crippen molar-refractivity contribution in [3.63, 3.8) is 0 Å². The van der Waals surface area contributed by atoms with E-state index in [1.54, 1.807) is 30.6 Å². The van der Waals surface area contributed by atoms with Crippen molar-refractivity contribution >= 4 is 23.2 Å². The van der Waals surface area contributed by atoms with Crippen LogP contribution in [-0.4, -0.2) is 30.4 Å². The molecular formula is C30H26ClFN8. The molecule has 6 aromatic rings. The number of nitrogens with zero attached hydrogens (tertiary/aromatic N) is 4. The van der Waals surface area contributed by atoms with Crippen molar-refractivity contribution in [2.45, 2.75) is 13.8 Å². The molecule has 2 aromatic carbocycles. The van der Waals surface area contributed by atoms with Gasteiger partial charge in [0.05, 0.1) is 0 Å². The van der Waals surface area contributed by atoms with E-state index in [0.717, 1.165) is 56.2 Å². The Kier molecular flexibility index (Phi) is 7.56. The Hall–Kier alpha value is -5.02. The summed E-state index contributed by atoms with van der Waals surface area (Å²) in [6.45, 7) is 3.92. The van der Waals surface area contributed by atoms with Gasteiger partial charge in [0.1, 0.15) is 28.8 Å². The number of halogens is 2. The fraction of sp³-hybridized carbons (Fsp3) is 0.0667. The summed E-state index contributed by atoms with van der Waals surface area (Å²) in [5.74, 6) is 0.675. The lowest BCUT2D eigenvalue weighted by atomic mass is 10.00. The maximum absolute atomic E-state index is 13.0. The molecule has 0 fully saturated rings. The number of nitrogens with two attached hydrogens (primary N) is 2. The highest BCUT2D eigenvalue weighted by molar-refractivity contribution is 6.30. The number of aryl methyl sites for hydroxylation is 2. The van der Waals surface area contributed by atoms with Crippen LogP contribution in [0.3, 0.4) is 0 Å². The first-order valence-electron chi connectivity index (χ1n) is 12.4. The molecule has 0 aliphatic carbocycles. The third-order valence-corrected chi connectivity index (χ3v) is 6.52. The van der Waals surface area contributed by atoms with Gasteiger partial charge in [-0.05, 0) is 85.6 Å². The van der Waals surface area contributed by atoms with Crippen molar-refractivity contribution < 1.29 is 4.39 Å². The minimum Gasteiger partial charge on any atom is -0.384 e. The second-order valence-electron chi connectivity index (χ2n) is 9.10. The van der Waals surface area contributed by atoms with Crippen LogP contribution in [0.1, 0.15) is 11.4 Å². The third kappa shape index (κ3) is 5.69. The van der Waals surface area contributed by atoms with E-state index in [9.17, 15) is 4.39 Å². The molecule has 40 heavy (non-hydrogen) atoms. The number of nitrogens with one attached hydrogen (secondary N) is 2. The maximum atomic E-state index is 13.0. The van der Waals surface area contributed by atoms with E-state index in [2.05, 4.69) is 30.4 Å². The van der Waals surface area contributed by atoms with Gasteiger partial charge in [-0.15, -0.1) is 0 Å². The van der Waals surface area contributed by atoms with Crippen molar-refractivity contribution in [3.05, 3.63) is 107 Å². The largest absolute Gasteiger partial charge is 0.384 e. The maximum Gasteiger partial charge on any atom is 0.123 e. The van der Waals surface area contributed by atoms with Crippen LogP contribution in [0.2, 0.25) is 5.02 Å². The molecule has 10 heteroatoms. The van der Waals surface area contributed by atoms with Crippen LogP contribution in [0.4, 0.5) is 16.0 Å². The molecule has 0 radical (unpaired) electrons. The van der Waals surface area contributed by atoms with Gasteiger partial charge in [-0.25, -0.2) is 14.4 Å². The minimum atomic E-state index is -0.268. The zero-order valence-electron chi connectivity index (χ0n) is 21.8. The molecule has 0 saturated heterocycles. The van der Waals surface area contributed by atoms with E-state index < -0.39 is 0 Å². The van der Waals surface area contributed by atoms with Gasteiger partial charge in [-0.2, -0.15) is 10.2 Å². The Balaban J connectivity index is 0.000000161. The van der Waals surface area contributed by atoms with Crippen molar-refractivity contribution in [3.8, 4) is 44.8 Å². The molecule has 8 nitrogen and oxygen atoms in total. The lowest BCUT2D eigenvalue weighted by molar-refractivity contribution is 0.628. The Morgan fingerprint density at radius 1 is 0.625 bits per heavy atom. The van der Waals surface area contributed by atoms with Gasteiger partial charge in [-0.3, -0.25) is 10.2 Å². The van der Waals surface area contributed by atoms with Crippen LogP contribution in [0, 0.1) is 19.7 Å². The summed E-state index contributed by atoms with van der Waals surface area (Å²) >= 11 is 5.93. The van der Waals surface area contributed by atoms with Gasteiger partial charge >= 0.3 is 0 Å². The monoisotopic (exact) mass is 552 g/mol. The minimum absolute atomic E-state index is 0.268. The number of rotatable bonds is 4. The summed E-state index contributed by atoms with van der Waals surface area (Å²) < 4.78 is 13.0. The molecule has 0 aliphatic heterocycles. The van der Waals surface area contributed by atoms with Gasteiger partial charge in [0, 0.05) is 51.1 Å². The lowest BCUT2D eigenvalue weighted by Crippen LogP contribution is -1.91. The zero-order valence-corrected chi connectivity index (χ0v) is 22.5. The highest BCUT2D eigenvalue weighted by Crippen LogP contribution is 2.34. The summed E-state index contributed by atoms with van der Waals surface area (Å²) in [7, 11) is 0. The number of hydrogen-bond acceptors (Lipinski definition) is 6. The van der Waals surface area contributed by atoms with Crippen LogP contribution < -0.4 is 11.5 Å². The Bertz CT molecular complexity index is 1630. The highest BCUT2D eigenvalue weighted by Gasteiger charge is 2.16. The van der Waals surface area contributed by atoms with Crippen LogP contribution >= 0.6 is 11.6 Å². The molecule has 0 saturated carbocycles. The van der Waals surface area contributed by atoms with Crippen LogP contribution in [-0.2, 0) is 0 Å². The summed E-state index contributed by atoms with van der Waals surface area (Å²) in [5, 5.41) is 15.4. The van der Waals surface area contributed by atoms with Gasteiger partial charge < -0.3 is 11.5 Å². The van der Waals surface area contributed by atoms with E-state index >= 15 is 0 Å². The molecule has 200 valence electrons. The predicted molar refractivity (Wildman–Crippen MR) is 158 cm³/mol. The number of pyridine rings is 2. The smallest absolute Gasteiger partial charge is 0.123 e. The zero-order chi connectivity index (χ0) is 28.2. The number of hydrogen-bond donors (Lipinski definition) is 4. The molecule has 0 bridgehead atoms. The number of aromatic amines is 2. The van der Waals surface area contributed by atoms with Gasteiger partial charge in [-0.1, -0.05) is 23.7 Å². The summed E-state index contributed by atoms with van der Waals surface area (Å²) in [4.78, 5) is 8.01. The fourth-order valence-electron chi connectivity index (χ4n) is 4.41. The first-order valence-corrected chi connectivity index (χ1v) is 12.7. The van der Waals surface area contributed by atoms with Crippen molar-refractivity contribution in [2.24, 2.45) is 0 Å². The van der Waals surface area contributed by atoms with E-state index in [1.807, 2.05) is 56.3 Å². The number of H-pyrrole nitrogens is 2. The molecule has 0 aliphatic rings. The normalized spacial score (nSPS) is 10.7. The Morgan fingerprint density at radius 3 is 1.48 bits per heavy atom. The van der Waals surface area contributed by atoms with Gasteiger partial charge in [0.25, 0.3) is 0 Å². The second-order valence-corrected chi connectivity index (χ2v) is 9.53. The molecule has 0 unspecified atom stereocenters. The molecule has 0 atom stereocenters. The van der Waals surface area contributed by atoms with Gasteiger partial charge in [0.15, 0.2) is 0 Å². The summed E-state index contributed by atoms with van der Waals surface area (Å²) in [6, 6.07) is 21.3. The summed E-state index contributed by atoms with van der Waals surface area (Å²) in [5.41, 5.74) is 20.8. The molecule has 0 spiro atoms. The number of benzene rings is 2. The molecular weight excluding hydrogens is 527 g/mol. The lowest BCUT2D eigenvalue weighted by Gasteiger charge is -2.05. The Morgan fingerprint density at radius 2 is 1.05 bits per heavy atom. The standard InChI is InChI=1S/C15H13ClN4.C15H13FN4/c2*1-9-14(11-6-7-18-13(17)8-11)15(20-19-9)10-2-4-12(16)5-3-10/h2*2-8H,1H3,(H2,17,18)(H,19,20). The van der Waals surface area contributed by atoms with E-state index in [0.29, 0.717) is 16.7 Å².